The van der Waals surface area contributed by atoms with E-state index in [1.807, 2.05) is 0 Å². The van der Waals surface area contributed by atoms with Crippen molar-refractivity contribution in [1.29, 1.82) is 0 Å². The van der Waals surface area contributed by atoms with E-state index in [-0.39, 0.29) is 17.3 Å². The van der Waals surface area contributed by atoms with Crippen molar-refractivity contribution in [2.75, 3.05) is 19.6 Å². The van der Waals surface area contributed by atoms with Crippen LogP contribution in [0.1, 0.15) is 43.5 Å². The molecule has 0 saturated carbocycles. The minimum Gasteiger partial charge on any atom is -0.504 e. The van der Waals surface area contributed by atoms with Gasteiger partial charge in [-0.2, -0.15) is 0 Å². The van der Waals surface area contributed by atoms with Gasteiger partial charge in [-0.3, -0.25) is 9.69 Å². The maximum atomic E-state index is 12.2. The number of aromatic hydroxyl groups is 2. The van der Waals surface area contributed by atoms with Crippen molar-refractivity contribution in [3.63, 3.8) is 0 Å². The molecule has 0 radical (unpaired) electrons. The molecule has 0 unspecified atom stereocenters. The summed E-state index contributed by atoms with van der Waals surface area (Å²) < 4.78 is 0. The van der Waals surface area contributed by atoms with Crippen LogP contribution in [-0.2, 0) is 0 Å². The lowest BCUT2D eigenvalue weighted by molar-refractivity contribution is 0.0812. The zero-order valence-electron chi connectivity index (χ0n) is 12.2. The molecule has 0 amide bonds. The summed E-state index contributed by atoms with van der Waals surface area (Å²) in [5.41, 5.74) is 0.861. The van der Waals surface area contributed by atoms with Gasteiger partial charge in [-0.05, 0) is 49.5 Å². The van der Waals surface area contributed by atoms with Crippen LogP contribution >= 0.6 is 0 Å². The third-order valence-electron chi connectivity index (χ3n) is 4.58. The molecule has 1 aliphatic rings. The second-order valence-electron chi connectivity index (χ2n) is 6.07. The Morgan fingerprint density at radius 1 is 1.25 bits per heavy atom. The summed E-state index contributed by atoms with van der Waals surface area (Å²) in [6.45, 7) is 6.80. The van der Waals surface area contributed by atoms with E-state index in [0.717, 1.165) is 25.9 Å². The van der Waals surface area contributed by atoms with Crippen molar-refractivity contribution in [2.45, 2.75) is 33.1 Å². The summed E-state index contributed by atoms with van der Waals surface area (Å²) in [4.78, 5) is 14.3. The minimum atomic E-state index is -0.243. The molecule has 1 aromatic carbocycles. The van der Waals surface area contributed by atoms with Crippen LogP contribution in [-0.4, -0.2) is 40.5 Å². The Kier molecular flexibility index (Phi) is 4.33. The molecule has 2 N–H and O–H groups in total. The second kappa shape index (κ2) is 5.83. The molecule has 1 aliphatic heterocycles. The monoisotopic (exact) mass is 277 g/mol. The molecule has 1 saturated heterocycles. The summed E-state index contributed by atoms with van der Waals surface area (Å²) in [5.74, 6) is -0.452. The van der Waals surface area contributed by atoms with E-state index in [4.69, 9.17) is 0 Å². The highest BCUT2D eigenvalue weighted by molar-refractivity contribution is 5.98. The first-order valence-corrected chi connectivity index (χ1v) is 7.21. The van der Waals surface area contributed by atoms with E-state index < -0.39 is 0 Å². The fourth-order valence-electron chi connectivity index (χ4n) is 2.60. The maximum absolute atomic E-state index is 12.2. The number of hydrogen-bond donors (Lipinski definition) is 2. The molecule has 110 valence electrons. The molecule has 1 heterocycles. The number of Topliss-reactive ketones (excluding diaryl/α,β-unsaturated/α-hetero) is 1. The predicted octanol–water partition coefficient (Wildman–Crippen LogP) is 2.79. The Hall–Kier alpha value is -1.55. The summed E-state index contributed by atoms with van der Waals surface area (Å²) in [6.07, 6.45) is 3.43. The number of phenols is 2. The van der Waals surface area contributed by atoms with E-state index in [1.165, 1.54) is 18.6 Å². The molecule has 0 bridgehead atoms. The number of likely N-dealkylation sites (tertiary alicyclic amines) is 1. The van der Waals surface area contributed by atoms with Gasteiger partial charge in [-0.15, -0.1) is 0 Å². The smallest absolute Gasteiger partial charge is 0.176 e. The fraction of sp³-hybridized carbons (Fsp3) is 0.562. The van der Waals surface area contributed by atoms with Crippen molar-refractivity contribution < 1.29 is 15.0 Å². The number of benzene rings is 1. The molecule has 0 atom stereocenters. The van der Waals surface area contributed by atoms with Crippen LogP contribution in [0.3, 0.4) is 0 Å². The van der Waals surface area contributed by atoms with Crippen LogP contribution in [0, 0.1) is 5.41 Å². The van der Waals surface area contributed by atoms with Gasteiger partial charge in [0.15, 0.2) is 17.3 Å². The van der Waals surface area contributed by atoms with Crippen LogP contribution in [0.2, 0.25) is 0 Å². The number of piperidine rings is 1. The first-order chi connectivity index (χ1) is 9.43. The van der Waals surface area contributed by atoms with E-state index in [9.17, 15) is 15.0 Å². The Labute approximate surface area is 120 Å². The highest BCUT2D eigenvalue weighted by Crippen LogP contribution is 2.34. The van der Waals surface area contributed by atoms with E-state index >= 15 is 0 Å². The summed E-state index contributed by atoms with van der Waals surface area (Å²) in [5, 5.41) is 18.7. The van der Waals surface area contributed by atoms with Gasteiger partial charge in [0, 0.05) is 5.56 Å². The third kappa shape index (κ3) is 3.31. The average molecular weight is 277 g/mol. The number of rotatable bonds is 4. The number of phenolic OH excluding ortho intramolecular Hbond substituents is 2. The molecule has 0 aromatic heterocycles. The second-order valence-corrected chi connectivity index (χ2v) is 6.07. The SMILES string of the molecule is CCC1(C)CCN(CC(=O)c2ccc(O)c(O)c2)CC1. The predicted molar refractivity (Wildman–Crippen MR) is 78.2 cm³/mol. The van der Waals surface area contributed by atoms with Gasteiger partial charge in [0.1, 0.15) is 0 Å². The molecule has 1 fully saturated rings. The van der Waals surface area contributed by atoms with Crippen LogP contribution < -0.4 is 0 Å². The molecule has 20 heavy (non-hydrogen) atoms. The van der Waals surface area contributed by atoms with Crippen LogP contribution in [0.4, 0.5) is 0 Å². The number of hydrogen-bond acceptors (Lipinski definition) is 4. The molecule has 1 aromatic rings. The fourth-order valence-corrected chi connectivity index (χ4v) is 2.60. The standard InChI is InChI=1S/C16H23NO3/c1-3-16(2)6-8-17(9-7-16)11-15(20)12-4-5-13(18)14(19)10-12/h4-5,10,18-19H,3,6-9,11H2,1-2H3. The van der Waals surface area contributed by atoms with Gasteiger partial charge < -0.3 is 10.2 Å². The van der Waals surface area contributed by atoms with E-state index in [1.54, 1.807) is 6.07 Å². The Morgan fingerprint density at radius 3 is 2.45 bits per heavy atom. The maximum Gasteiger partial charge on any atom is 0.176 e. The molecular weight excluding hydrogens is 254 g/mol. The van der Waals surface area contributed by atoms with Gasteiger partial charge in [0.25, 0.3) is 0 Å². The summed E-state index contributed by atoms with van der Waals surface area (Å²) in [6, 6.07) is 4.24. The van der Waals surface area contributed by atoms with Crippen molar-refractivity contribution in [1.82, 2.24) is 4.90 Å². The van der Waals surface area contributed by atoms with Crippen LogP contribution in [0.25, 0.3) is 0 Å². The lowest BCUT2D eigenvalue weighted by Gasteiger charge is -2.38. The largest absolute Gasteiger partial charge is 0.504 e. The van der Waals surface area contributed by atoms with Gasteiger partial charge in [0.05, 0.1) is 6.54 Å². The molecular formula is C16H23NO3. The van der Waals surface area contributed by atoms with Crippen molar-refractivity contribution in [3.8, 4) is 11.5 Å². The first kappa shape index (κ1) is 14.9. The summed E-state index contributed by atoms with van der Waals surface area (Å²) >= 11 is 0. The zero-order chi connectivity index (χ0) is 14.8. The first-order valence-electron chi connectivity index (χ1n) is 7.21. The van der Waals surface area contributed by atoms with Crippen molar-refractivity contribution >= 4 is 5.78 Å². The number of nitrogens with zero attached hydrogens (tertiary/aromatic N) is 1. The number of carbonyl (C=O) groups excluding carboxylic acids is 1. The highest BCUT2D eigenvalue weighted by atomic mass is 16.3. The molecule has 4 heteroatoms. The normalized spacial score (nSPS) is 18.9. The van der Waals surface area contributed by atoms with Crippen molar-refractivity contribution in [2.24, 2.45) is 5.41 Å². The highest BCUT2D eigenvalue weighted by Gasteiger charge is 2.29. The number of ketones is 1. The van der Waals surface area contributed by atoms with Gasteiger partial charge in [0.2, 0.25) is 0 Å². The van der Waals surface area contributed by atoms with Gasteiger partial charge in [-0.25, -0.2) is 0 Å². The molecule has 2 rings (SSSR count). The van der Waals surface area contributed by atoms with E-state index in [0.29, 0.717) is 17.5 Å². The van der Waals surface area contributed by atoms with Crippen molar-refractivity contribution in [3.05, 3.63) is 23.8 Å². The minimum absolute atomic E-state index is 0.0135. The Morgan fingerprint density at radius 2 is 1.90 bits per heavy atom. The third-order valence-corrected chi connectivity index (χ3v) is 4.58. The van der Waals surface area contributed by atoms with E-state index in [2.05, 4.69) is 18.7 Å². The molecule has 4 nitrogen and oxygen atoms in total. The van der Waals surface area contributed by atoms with Gasteiger partial charge in [-0.1, -0.05) is 20.3 Å². The van der Waals surface area contributed by atoms with Gasteiger partial charge >= 0.3 is 0 Å². The number of carbonyl (C=O) groups is 1. The average Bonchev–Trinajstić information content (AvgIpc) is 2.44. The van der Waals surface area contributed by atoms with Crippen LogP contribution in [0.5, 0.6) is 11.5 Å². The lowest BCUT2D eigenvalue weighted by atomic mass is 9.78. The quantitative estimate of drug-likeness (QED) is 0.656. The molecule has 0 spiro atoms. The Bertz CT molecular complexity index is 490. The lowest BCUT2D eigenvalue weighted by Crippen LogP contribution is -2.40. The molecule has 0 aliphatic carbocycles. The zero-order valence-corrected chi connectivity index (χ0v) is 12.2. The summed E-state index contributed by atoms with van der Waals surface area (Å²) in [7, 11) is 0. The topological polar surface area (TPSA) is 60.8 Å². The van der Waals surface area contributed by atoms with Crippen LogP contribution in [0.15, 0.2) is 18.2 Å². The Balaban J connectivity index is 1.94.